The number of benzene rings is 1. The molecule has 4 nitrogen and oxygen atoms in total. The zero-order valence-corrected chi connectivity index (χ0v) is 7.92. The smallest absolute Gasteiger partial charge is 0.0705 e. The molecule has 1 rings (SSSR count). The molecule has 0 radical (unpaired) electrons. The minimum atomic E-state index is 0.612. The molecule has 0 saturated carbocycles. The van der Waals surface area contributed by atoms with Crippen molar-refractivity contribution in [1.82, 2.24) is 0 Å². The van der Waals surface area contributed by atoms with E-state index < -0.39 is 0 Å². The summed E-state index contributed by atoms with van der Waals surface area (Å²) in [6.45, 7) is 0.612. The summed E-state index contributed by atoms with van der Waals surface area (Å²) in [6, 6.07) is 7.80. The Morgan fingerprint density at radius 3 is 2.77 bits per heavy atom. The van der Waals surface area contributed by atoms with Crippen molar-refractivity contribution in [2.75, 3.05) is 6.54 Å². The van der Waals surface area contributed by atoms with Crippen LogP contribution in [0.25, 0.3) is 0 Å². The van der Waals surface area contributed by atoms with Crippen molar-refractivity contribution in [1.29, 1.82) is 0 Å². The van der Waals surface area contributed by atoms with E-state index in [1.807, 2.05) is 24.3 Å². The van der Waals surface area contributed by atoms with Gasteiger partial charge in [0.1, 0.15) is 0 Å². The highest BCUT2D eigenvalue weighted by molar-refractivity contribution is 7.94. The Balaban J connectivity index is 2.66. The largest absolute Gasteiger partial charge is 0.330 e. The maximum Gasteiger partial charge on any atom is 0.0705 e. The van der Waals surface area contributed by atoms with Crippen molar-refractivity contribution in [3.05, 3.63) is 29.8 Å². The minimum Gasteiger partial charge on any atom is -0.330 e. The molecule has 72 valence electrons. The first-order valence-corrected chi connectivity index (χ1v) is 4.60. The Hall–Kier alpha value is -0.590. The molecule has 0 aromatic heterocycles. The predicted octanol–water partition coefficient (Wildman–Crippen LogP) is 1.02. The Morgan fingerprint density at radius 2 is 2.08 bits per heavy atom. The van der Waals surface area contributed by atoms with Gasteiger partial charge >= 0.3 is 0 Å². The Morgan fingerprint density at radius 1 is 1.31 bits per heavy atom. The molecule has 0 fully saturated rings. The predicted molar refractivity (Wildman–Crippen MR) is 51.4 cm³/mol. The summed E-state index contributed by atoms with van der Waals surface area (Å²) in [4.78, 5) is 4.98. The molecular weight excluding hydrogens is 188 g/mol. The van der Waals surface area contributed by atoms with E-state index in [4.69, 9.17) is 11.6 Å². The van der Waals surface area contributed by atoms with Gasteiger partial charge in [-0.1, -0.05) is 18.2 Å². The lowest BCUT2D eigenvalue weighted by Crippen LogP contribution is -2.03. The van der Waals surface area contributed by atoms with Gasteiger partial charge in [0.15, 0.2) is 0 Å². The Labute approximate surface area is 81.3 Å². The third-order valence-electron chi connectivity index (χ3n) is 1.55. The normalized spacial score (nSPS) is 10.3. The van der Waals surface area contributed by atoms with E-state index in [1.165, 1.54) is 0 Å². The molecule has 0 amide bonds. The van der Waals surface area contributed by atoms with Gasteiger partial charge in [0.2, 0.25) is 0 Å². The average Bonchev–Trinajstić information content (AvgIpc) is 2.17. The number of rotatable bonds is 5. The van der Waals surface area contributed by atoms with Crippen LogP contribution in [0.1, 0.15) is 5.56 Å². The zero-order valence-electron chi connectivity index (χ0n) is 7.10. The molecule has 0 aliphatic rings. The maximum absolute atomic E-state index is 5.45. The molecule has 1 aromatic carbocycles. The van der Waals surface area contributed by atoms with Gasteiger partial charge < -0.3 is 5.73 Å². The van der Waals surface area contributed by atoms with Crippen molar-refractivity contribution in [2.45, 2.75) is 11.3 Å². The molecule has 13 heavy (non-hydrogen) atoms. The Kier molecular flexibility index (Phi) is 4.81. The lowest BCUT2D eigenvalue weighted by atomic mass is 10.1. The number of hydrogen-bond acceptors (Lipinski definition) is 5. The summed E-state index contributed by atoms with van der Waals surface area (Å²) in [6.07, 6.45) is 0.817. The summed E-state index contributed by atoms with van der Waals surface area (Å²) in [7, 11) is 0. The van der Waals surface area contributed by atoms with Crippen LogP contribution in [0.15, 0.2) is 29.2 Å². The molecule has 4 N–H and O–H groups in total. The second kappa shape index (κ2) is 5.95. The first-order chi connectivity index (χ1) is 6.38. The van der Waals surface area contributed by atoms with Gasteiger partial charge in [-0.3, -0.25) is 0 Å². The van der Waals surface area contributed by atoms with Gasteiger partial charge in [0, 0.05) is 4.90 Å². The van der Waals surface area contributed by atoms with E-state index >= 15 is 0 Å². The fourth-order valence-corrected chi connectivity index (χ4v) is 1.53. The summed E-state index contributed by atoms with van der Waals surface area (Å²) in [5.41, 5.74) is 6.58. The second-order valence-electron chi connectivity index (χ2n) is 2.39. The summed E-state index contributed by atoms with van der Waals surface area (Å²) >= 11 is 1.08. The SMILES string of the molecule is NCCc1ccccc1SOON. The van der Waals surface area contributed by atoms with Gasteiger partial charge in [0.05, 0.1) is 12.0 Å². The van der Waals surface area contributed by atoms with E-state index in [0.29, 0.717) is 6.54 Å². The monoisotopic (exact) mass is 200 g/mol. The van der Waals surface area contributed by atoms with Crippen LogP contribution in [-0.2, 0) is 15.7 Å². The molecule has 0 bridgehead atoms. The van der Waals surface area contributed by atoms with E-state index in [9.17, 15) is 0 Å². The van der Waals surface area contributed by atoms with Crippen LogP contribution in [0.3, 0.4) is 0 Å². The highest BCUT2D eigenvalue weighted by Crippen LogP contribution is 2.23. The van der Waals surface area contributed by atoms with Gasteiger partial charge in [-0.2, -0.15) is 5.90 Å². The van der Waals surface area contributed by atoms with Crippen LogP contribution >= 0.6 is 12.0 Å². The van der Waals surface area contributed by atoms with Gasteiger partial charge in [-0.15, -0.1) is 9.32 Å². The molecule has 0 unspecified atom stereocenters. The van der Waals surface area contributed by atoms with Crippen molar-refractivity contribution >= 4 is 12.0 Å². The van der Waals surface area contributed by atoms with Crippen LogP contribution in [0.5, 0.6) is 0 Å². The minimum absolute atomic E-state index is 0.612. The van der Waals surface area contributed by atoms with Crippen molar-refractivity contribution in [3.8, 4) is 0 Å². The maximum atomic E-state index is 5.45. The van der Waals surface area contributed by atoms with E-state index in [0.717, 1.165) is 28.9 Å². The average molecular weight is 200 g/mol. The fraction of sp³-hybridized carbons (Fsp3) is 0.250. The third-order valence-corrected chi connectivity index (χ3v) is 2.27. The topological polar surface area (TPSA) is 70.5 Å². The molecule has 0 aliphatic heterocycles. The lowest BCUT2D eigenvalue weighted by molar-refractivity contribution is -0.195. The lowest BCUT2D eigenvalue weighted by Gasteiger charge is -2.04. The van der Waals surface area contributed by atoms with Crippen LogP contribution in [0.4, 0.5) is 0 Å². The van der Waals surface area contributed by atoms with E-state index in [1.54, 1.807) is 0 Å². The van der Waals surface area contributed by atoms with Crippen molar-refractivity contribution < 1.29 is 9.32 Å². The zero-order chi connectivity index (χ0) is 9.52. The standard InChI is InChI=1S/C8H12N2O2S/c9-6-5-7-3-1-2-4-8(7)13-12-11-10/h1-4H,5-6,9-10H2. The van der Waals surface area contributed by atoms with E-state index in [-0.39, 0.29) is 0 Å². The Bertz CT molecular complexity index is 258. The third kappa shape index (κ3) is 3.33. The molecule has 0 heterocycles. The molecular formula is C8H12N2O2S. The van der Waals surface area contributed by atoms with Gasteiger partial charge in [-0.05, 0) is 24.6 Å². The second-order valence-corrected chi connectivity index (χ2v) is 3.14. The van der Waals surface area contributed by atoms with Crippen LogP contribution in [0, 0.1) is 0 Å². The first-order valence-electron chi connectivity index (χ1n) is 3.86. The summed E-state index contributed by atoms with van der Waals surface area (Å²) in [5.74, 6) is 4.73. The molecule has 0 saturated heterocycles. The molecule has 0 spiro atoms. The number of hydrogen-bond donors (Lipinski definition) is 2. The first kappa shape index (κ1) is 10.5. The molecule has 5 heteroatoms. The van der Waals surface area contributed by atoms with Crippen molar-refractivity contribution in [3.63, 3.8) is 0 Å². The fourth-order valence-electron chi connectivity index (χ4n) is 1.00. The quantitative estimate of drug-likeness (QED) is 0.422. The van der Waals surface area contributed by atoms with E-state index in [2.05, 4.69) is 9.32 Å². The van der Waals surface area contributed by atoms with Gasteiger partial charge in [-0.25, -0.2) is 0 Å². The number of nitrogens with two attached hydrogens (primary N) is 2. The highest BCUT2D eigenvalue weighted by Gasteiger charge is 2.01. The molecule has 0 aliphatic carbocycles. The molecule has 0 atom stereocenters. The highest BCUT2D eigenvalue weighted by atomic mass is 32.2. The summed E-state index contributed by atoms with van der Waals surface area (Å²) < 4.78 is 4.56. The van der Waals surface area contributed by atoms with Crippen LogP contribution < -0.4 is 11.6 Å². The van der Waals surface area contributed by atoms with Crippen LogP contribution in [-0.4, -0.2) is 6.54 Å². The molecule has 1 aromatic rings. The van der Waals surface area contributed by atoms with Crippen LogP contribution in [0.2, 0.25) is 0 Å². The van der Waals surface area contributed by atoms with Gasteiger partial charge in [0.25, 0.3) is 0 Å². The van der Waals surface area contributed by atoms with Crippen molar-refractivity contribution in [2.24, 2.45) is 11.6 Å². The summed E-state index contributed by atoms with van der Waals surface area (Å²) in [5, 5.41) is 0.